The average molecular weight is 1190 g/mol. The van der Waals surface area contributed by atoms with Crippen LogP contribution in [0.4, 0.5) is 0 Å². The van der Waals surface area contributed by atoms with E-state index in [0.717, 1.165) is 34.6 Å². The van der Waals surface area contributed by atoms with Crippen LogP contribution in [0.1, 0.15) is 60.8 Å². The molecule has 3 aliphatic rings. The topological polar surface area (TPSA) is 552 Å². The summed E-state index contributed by atoms with van der Waals surface area (Å²) in [6.07, 6.45) is -36.7. The smallest absolute Gasteiger partial charge is 0.302 e. The van der Waals surface area contributed by atoms with Crippen LogP contribution in [0.3, 0.4) is 0 Å². The van der Waals surface area contributed by atoms with Gasteiger partial charge in [0.2, 0.25) is 29.9 Å². The zero-order valence-electron chi connectivity index (χ0n) is 45.7. The first-order chi connectivity index (χ1) is 38.5. The number of rotatable bonds is 30. The number of hydrogen-bond donors (Lipinski definition) is 21. The van der Waals surface area contributed by atoms with Gasteiger partial charge in [-0.25, -0.2) is 0 Å². The third kappa shape index (κ3) is 19.5. The maximum atomic E-state index is 12.7. The van der Waals surface area contributed by atoms with Crippen LogP contribution in [0.25, 0.3) is 0 Å². The highest BCUT2D eigenvalue weighted by molar-refractivity contribution is 5.76. The Balaban J connectivity index is 2.05. The predicted molar refractivity (Wildman–Crippen MR) is 266 cm³/mol. The summed E-state index contributed by atoms with van der Waals surface area (Å²) < 4.78 is 50.3. The number of amides is 4. The van der Waals surface area contributed by atoms with E-state index in [9.17, 15) is 106 Å². The summed E-state index contributed by atoms with van der Waals surface area (Å²) in [5.41, 5.74) is -1.92. The quantitative estimate of drug-likeness (QED) is 0.0180. The number of esters is 1. The average Bonchev–Trinajstić information content (AvgIpc) is 3.55. The number of carbonyl (C=O) groups excluding carboxylic acids is 5. The van der Waals surface area contributed by atoms with Crippen molar-refractivity contribution in [2.24, 2.45) is 0 Å². The van der Waals surface area contributed by atoms with Crippen molar-refractivity contribution in [3.8, 4) is 0 Å². The van der Waals surface area contributed by atoms with Gasteiger partial charge in [0.05, 0.1) is 19.3 Å². The summed E-state index contributed by atoms with van der Waals surface area (Å²) >= 11 is 0. The molecular weight excluding hydrogens is 1110 g/mol. The van der Waals surface area contributed by atoms with Crippen LogP contribution < -0.4 is 26.6 Å². The Hall–Kier alpha value is -5.07. The molecule has 4 amide bonds. The van der Waals surface area contributed by atoms with Gasteiger partial charge >= 0.3 is 5.97 Å². The third-order valence-corrected chi connectivity index (χ3v) is 12.6. The lowest BCUT2D eigenvalue weighted by Gasteiger charge is -2.45. The molecule has 3 aliphatic heterocycles. The fourth-order valence-electron chi connectivity index (χ4n) is 8.58. The summed E-state index contributed by atoms with van der Waals surface area (Å²) in [5.74, 6) is -9.10. The first-order valence-corrected chi connectivity index (χ1v) is 25.5. The van der Waals surface area contributed by atoms with Crippen molar-refractivity contribution in [2.75, 3.05) is 40.1 Å². The molecule has 21 atom stereocenters. The molecule has 0 saturated carbocycles. The zero-order chi connectivity index (χ0) is 62.0. The monoisotopic (exact) mass is 1190 g/mol. The summed E-state index contributed by atoms with van der Waals surface area (Å²) in [6, 6.07) is -4.88. The van der Waals surface area contributed by atoms with Crippen LogP contribution in [-0.2, 0) is 66.6 Å². The van der Waals surface area contributed by atoms with E-state index in [0.29, 0.717) is 0 Å². The molecule has 21 N–H and O–H groups in total. The highest BCUT2D eigenvalue weighted by Gasteiger charge is 2.52. The Morgan fingerprint density at radius 1 is 0.524 bits per heavy atom. The van der Waals surface area contributed by atoms with Gasteiger partial charge < -0.3 is 151 Å². The van der Waals surface area contributed by atoms with Gasteiger partial charge in [0.15, 0.2) is 43.0 Å². The molecular formula is C47H79N5O30. The van der Waals surface area contributed by atoms with Crippen LogP contribution in [0.15, 0.2) is 34.4 Å². The predicted octanol–water partition coefficient (Wildman–Crippen LogP) is -8.06. The highest BCUT2D eigenvalue weighted by Crippen LogP contribution is 2.32. The number of hydrogen-bond acceptors (Lipinski definition) is 31. The Kier molecular flexibility index (Phi) is 29.0. The molecule has 3 saturated heterocycles. The van der Waals surface area contributed by atoms with Gasteiger partial charge in [-0.1, -0.05) is 6.92 Å². The fourth-order valence-corrected chi connectivity index (χ4v) is 8.58. The standard InChI is InChI=1S/C47H79N5O30/c1-8-21(61)32(62)39(69)45(73)75-15-26-41(37(67)29(42(70)76-26)51-18(4)58)82-44(72)28(50-17(3)57)34(64)23(10-12-54)78-47-31(52-19(5)59)38(68)40(24(13-55)79-47)81-43(71)27(49-16(2)56)33(63)22(9-11-53)77-46-30(48-7)36(66)35(65)25(80-46)14-74-20(6)60/h21-26,29-31,35-38,40-48,53-55,61-73H,8-15H2,1-7H3,(H,49,56)(H,50,57)(H,51,58)(H,52,59)/b33-27-,34-28-,39-32-. The van der Waals surface area contributed by atoms with Crippen LogP contribution in [0.2, 0.25) is 0 Å². The van der Waals surface area contributed by atoms with Gasteiger partial charge in [-0.05, 0) is 13.5 Å². The summed E-state index contributed by atoms with van der Waals surface area (Å²) in [4.78, 5) is 61.4. The van der Waals surface area contributed by atoms with Gasteiger partial charge in [-0.3, -0.25) is 24.0 Å². The lowest BCUT2D eigenvalue weighted by Crippen LogP contribution is -2.66. The molecule has 0 aliphatic carbocycles. The molecule has 3 heterocycles. The molecule has 3 rings (SSSR count). The number of aliphatic hydroxyl groups excluding tert-OH is 16. The van der Waals surface area contributed by atoms with E-state index in [1.807, 2.05) is 0 Å². The molecule has 0 spiro atoms. The Labute approximate surface area is 468 Å². The minimum Gasteiger partial charge on any atom is -0.507 e. The molecule has 0 aromatic heterocycles. The normalized spacial score (nSPS) is 31.8. The first-order valence-electron chi connectivity index (χ1n) is 25.5. The summed E-state index contributed by atoms with van der Waals surface area (Å²) in [6.45, 7) is 1.93. The SMILES string of the molecule is CCC(O)/C(O)=C(/O)C(O)OCC1OC(O)C(NC(C)=O)C(O)C1OC(O)/C(NC(C)=O)=C(/O)C(CCO)OC1OC(CO)C(OC(O)/C(NC(C)=O)=C(/O)C(CCO)OC2OC(COC(C)=O)C(O)C(O)C2NC)C(O)C1NC(C)=O. The first kappa shape index (κ1) is 71.2. The molecule has 21 unspecified atom stereocenters. The van der Waals surface area contributed by atoms with Gasteiger partial charge in [0.1, 0.15) is 115 Å². The lowest BCUT2D eigenvalue weighted by molar-refractivity contribution is -0.303. The molecule has 3 fully saturated rings. The van der Waals surface area contributed by atoms with E-state index in [1.54, 1.807) is 0 Å². The van der Waals surface area contributed by atoms with E-state index in [1.165, 1.54) is 14.0 Å². The van der Waals surface area contributed by atoms with Crippen molar-refractivity contribution in [1.82, 2.24) is 26.6 Å². The Morgan fingerprint density at radius 2 is 0.988 bits per heavy atom. The Morgan fingerprint density at radius 3 is 1.43 bits per heavy atom. The number of nitrogens with one attached hydrogen (secondary N) is 5. The molecule has 35 nitrogen and oxygen atoms in total. The Bertz CT molecular complexity index is 2190. The van der Waals surface area contributed by atoms with E-state index < -0.39 is 239 Å². The van der Waals surface area contributed by atoms with E-state index in [4.69, 9.17) is 42.6 Å². The molecule has 82 heavy (non-hydrogen) atoms. The van der Waals surface area contributed by atoms with E-state index in [2.05, 4.69) is 26.6 Å². The number of aliphatic hydroxyl groups is 16. The number of likely N-dealkylation sites (N-methyl/N-ethyl adjacent to an activating group) is 1. The lowest BCUT2D eigenvalue weighted by atomic mass is 9.96. The van der Waals surface area contributed by atoms with Crippen LogP contribution in [0, 0.1) is 0 Å². The number of ether oxygens (including phenoxy) is 9. The van der Waals surface area contributed by atoms with Gasteiger partial charge in [-0.2, -0.15) is 0 Å². The van der Waals surface area contributed by atoms with Crippen molar-refractivity contribution in [1.29, 1.82) is 0 Å². The van der Waals surface area contributed by atoms with Crippen molar-refractivity contribution in [2.45, 2.75) is 190 Å². The van der Waals surface area contributed by atoms with Crippen molar-refractivity contribution in [3.63, 3.8) is 0 Å². The van der Waals surface area contributed by atoms with Crippen LogP contribution >= 0.6 is 0 Å². The van der Waals surface area contributed by atoms with Crippen LogP contribution in [-0.4, -0.2) is 280 Å². The van der Waals surface area contributed by atoms with Gasteiger partial charge in [-0.15, -0.1) is 0 Å². The maximum Gasteiger partial charge on any atom is 0.302 e. The summed E-state index contributed by atoms with van der Waals surface area (Å²) in [5, 5.41) is 185. The fraction of sp³-hybridized carbons (Fsp3) is 0.766. The zero-order valence-corrected chi connectivity index (χ0v) is 45.7. The highest BCUT2D eigenvalue weighted by atomic mass is 16.7. The maximum absolute atomic E-state index is 12.7. The largest absolute Gasteiger partial charge is 0.507 e. The second kappa shape index (κ2) is 33.4. The minimum atomic E-state index is -2.63. The van der Waals surface area contributed by atoms with Crippen molar-refractivity contribution < 1.29 is 148 Å². The van der Waals surface area contributed by atoms with Gasteiger partial charge in [0.25, 0.3) is 0 Å². The van der Waals surface area contributed by atoms with Gasteiger partial charge in [0, 0.05) is 60.7 Å². The second-order valence-corrected chi connectivity index (χ2v) is 18.9. The second-order valence-electron chi connectivity index (χ2n) is 18.9. The molecule has 0 radical (unpaired) electrons. The van der Waals surface area contributed by atoms with Crippen molar-refractivity contribution in [3.05, 3.63) is 34.4 Å². The van der Waals surface area contributed by atoms with E-state index >= 15 is 0 Å². The third-order valence-electron chi connectivity index (χ3n) is 12.6. The molecule has 35 heteroatoms. The number of carbonyl (C=O) groups is 5. The molecule has 472 valence electrons. The van der Waals surface area contributed by atoms with Crippen LogP contribution in [0.5, 0.6) is 0 Å². The molecule has 0 bridgehead atoms. The molecule has 0 aromatic rings. The van der Waals surface area contributed by atoms with E-state index in [-0.39, 0.29) is 6.42 Å². The molecule has 0 aromatic carbocycles. The van der Waals surface area contributed by atoms with Crippen molar-refractivity contribution >= 4 is 29.6 Å². The minimum absolute atomic E-state index is 0.120. The summed E-state index contributed by atoms with van der Waals surface area (Å²) in [7, 11) is 1.34.